The van der Waals surface area contributed by atoms with E-state index in [2.05, 4.69) is 20.9 Å². The lowest BCUT2D eigenvalue weighted by molar-refractivity contribution is 0.0891. The molecule has 1 fully saturated rings. The predicted molar refractivity (Wildman–Crippen MR) is 111 cm³/mol. The molecule has 11 heteroatoms. The highest BCUT2D eigenvalue weighted by Gasteiger charge is 2.28. The van der Waals surface area contributed by atoms with Gasteiger partial charge < -0.3 is 15.4 Å². The number of halogens is 3. The van der Waals surface area contributed by atoms with Crippen molar-refractivity contribution in [1.29, 1.82) is 0 Å². The van der Waals surface area contributed by atoms with E-state index in [1.807, 2.05) is 0 Å². The second-order valence-electron chi connectivity index (χ2n) is 7.44. The highest BCUT2D eigenvalue weighted by molar-refractivity contribution is 5.94. The first-order valence-electron chi connectivity index (χ1n) is 10.2. The molecule has 1 aliphatic rings. The van der Waals surface area contributed by atoms with Crippen LogP contribution in [0, 0.1) is 5.82 Å². The quantitative estimate of drug-likeness (QED) is 0.513. The molecule has 2 aromatic carbocycles. The molecule has 8 nitrogen and oxygen atoms in total. The summed E-state index contributed by atoms with van der Waals surface area (Å²) in [5, 5.41) is 13.0. The van der Waals surface area contributed by atoms with Crippen LogP contribution in [0.4, 0.5) is 13.2 Å². The zero-order chi connectivity index (χ0) is 23.4. The third-order valence-electron chi connectivity index (χ3n) is 4.85. The fourth-order valence-electron chi connectivity index (χ4n) is 3.03. The molecule has 172 valence electrons. The molecule has 4 rings (SSSR count). The molecule has 0 bridgehead atoms. The van der Waals surface area contributed by atoms with Crippen molar-refractivity contribution in [2.45, 2.75) is 31.9 Å². The first-order valence-corrected chi connectivity index (χ1v) is 10.2. The molecule has 0 spiro atoms. The summed E-state index contributed by atoms with van der Waals surface area (Å²) in [6.07, 6.45) is -0.863. The Labute approximate surface area is 186 Å². The molecule has 0 saturated heterocycles. The van der Waals surface area contributed by atoms with Crippen LogP contribution in [0.25, 0.3) is 5.69 Å². The van der Waals surface area contributed by atoms with Gasteiger partial charge in [0.2, 0.25) is 0 Å². The molecule has 1 aromatic heterocycles. The molecule has 0 unspecified atom stereocenters. The van der Waals surface area contributed by atoms with Gasteiger partial charge in [0.1, 0.15) is 23.9 Å². The second-order valence-corrected chi connectivity index (χ2v) is 7.44. The summed E-state index contributed by atoms with van der Waals surface area (Å²) in [5.74, 6) is -1.24. The summed E-state index contributed by atoms with van der Waals surface area (Å²) in [4.78, 5) is 24.6. The van der Waals surface area contributed by atoms with Crippen LogP contribution in [0.3, 0.4) is 0 Å². The normalized spacial score (nSPS) is 13.1. The lowest BCUT2D eigenvalue weighted by Crippen LogP contribution is -2.28. The minimum Gasteiger partial charge on any atom is -0.487 e. The van der Waals surface area contributed by atoms with Crippen molar-refractivity contribution in [2.75, 3.05) is 6.54 Å². The Kier molecular flexibility index (Phi) is 6.57. The standard InChI is InChI=1S/C22H20F3N5O3/c23-14-2-1-3-17(10-14)33-12-18-20(22(32)27-15-6-7-15)28-29-30(18)16-8-4-13(5-9-16)21(31)26-11-19(24)25/h1-5,8-10,15,19H,6-7,11-12H2,(H,26,31)(H,27,32). The van der Waals surface area contributed by atoms with E-state index in [4.69, 9.17) is 4.74 Å². The van der Waals surface area contributed by atoms with Crippen molar-refractivity contribution in [1.82, 2.24) is 25.6 Å². The van der Waals surface area contributed by atoms with Gasteiger partial charge in [-0.05, 0) is 49.2 Å². The number of ether oxygens (including phenoxy) is 1. The summed E-state index contributed by atoms with van der Waals surface area (Å²) in [7, 11) is 0. The number of hydrogen-bond donors (Lipinski definition) is 2. The SMILES string of the molecule is O=C(NCC(F)F)c1ccc(-n2nnc(C(=O)NC3CC3)c2COc2cccc(F)c2)cc1. The number of alkyl halides is 2. The summed E-state index contributed by atoms with van der Waals surface area (Å²) < 4.78 is 45.2. The molecule has 1 heterocycles. The maximum atomic E-state index is 13.5. The topological polar surface area (TPSA) is 98.1 Å². The van der Waals surface area contributed by atoms with E-state index in [1.54, 1.807) is 18.2 Å². The van der Waals surface area contributed by atoms with E-state index in [0.29, 0.717) is 11.4 Å². The molecule has 2 amide bonds. The highest BCUT2D eigenvalue weighted by Crippen LogP contribution is 2.22. The lowest BCUT2D eigenvalue weighted by Gasteiger charge is -2.11. The molecule has 1 saturated carbocycles. The van der Waals surface area contributed by atoms with Crippen molar-refractivity contribution in [2.24, 2.45) is 0 Å². The number of hydrogen-bond acceptors (Lipinski definition) is 5. The Bertz CT molecular complexity index is 1150. The molecular formula is C22H20F3N5O3. The van der Waals surface area contributed by atoms with Gasteiger partial charge in [0.15, 0.2) is 5.69 Å². The van der Waals surface area contributed by atoms with Gasteiger partial charge >= 0.3 is 0 Å². The van der Waals surface area contributed by atoms with Crippen molar-refractivity contribution >= 4 is 11.8 Å². The molecular weight excluding hydrogens is 439 g/mol. The zero-order valence-electron chi connectivity index (χ0n) is 17.3. The summed E-state index contributed by atoms with van der Waals surface area (Å²) in [6, 6.07) is 11.6. The van der Waals surface area contributed by atoms with Crippen molar-refractivity contribution in [3.8, 4) is 11.4 Å². The van der Waals surface area contributed by atoms with E-state index in [0.717, 1.165) is 12.8 Å². The summed E-state index contributed by atoms with van der Waals surface area (Å²) >= 11 is 0. The Hall–Kier alpha value is -3.89. The second kappa shape index (κ2) is 9.72. The third kappa shape index (κ3) is 5.68. The van der Waals surface area contributed by atoms with Gasteiger partial charge in [-0.15, -0.1) is 5.10 Å². The molecule has 2 N–H and O–H groups in total. The van der Waals surface area contributed by atoms with Crippen LogP contribution in [0.1, 0.15) is 39.4 Å². The van der Waals surface area contributed by atoms with Gasteiger partial charge in [-0.2, -0.15) is 0 Å². The van der Waals surface area contributed by atoms with E-state index in [1.165, 1.54) is 35.0 Å². The van der Waals surface area contributed by atoms with E-state index >= 15 is 0 Å². The fourth-order valence-corrected chi connectivity index (χ4v) is 3.03. The molecule has 1 aliphatic carbocycles. The van der Waals surface area contributed by atoms with Crippen LogP contribution in [0.15, 0.2) is 48.5 Å². The highest BCUT2D eigenvalue weighted by atomic mass is 19.3. The maximum absolute atomic E-state index is 13.5. The van der Waals surface area contributed by atoms with Crippen LogP contribution in [-0.2, 0) is 6.61 Å². The number of carbonyl (C=O) groups excluding carboxylic acids is 2. The minimum atomic E-state index is -2.65. The fraction of sp³-hybridized carbons (Fsp3) is 0.273. The lowest BCUT2D eigenvalue weighted by atomic mass is 10.2. The van der Waals surface area contributed by atoms with Crippen LogP contribution in [0.2, 0.25) is 0 Å². The number of amides is 2. The first kappa shape index (κ1) is 22.3. The van der Waals surface area contributed by atoms with Gasteiger partial charge in [0, 0.05) is 17.7 Å². The Morgan fingerprint density at radius 1 is 1.12 bits per heavy atom. The van der Waals surface area contributed by atoms with Crippen molar-refractivity contribution < 1.29 is 27.5 Å². The van der Waals surface area contributed by atoms with Crippen LogP contribution in [0.5, 0.6) is 5.75 Å². The van der Waals surface area contributed by atoms with E-state index < -0.39 is 30.6 Å². The molecule has 33 heavy (non-hydrogen) atoms. The maximum Gasteiger partial charge on any atom is 0.274 e. The van der Waals surface area contributed by atoms with Crippen molar-refractivity contribution in [3.05, 3.63) is 71.3 Å². The Balaban J connectivity index is 1.58. The summed E-state index contributed by atoms with van der Waals surface area (Å²) in [5.41, 5.74) is 1.05. The van der Waals surface area contributed by atoms with Crippen LogP contribution >= 0.6 is 0 Å². The summed E-state index contributed by atoms with van der Waals surface area (Å²) in [6.45, 7) is -0.870. The number of rotatable bonds is 9. The minimum absolute atomic E-state index is 0.0667. The Morgan fingerprint density at radius 3 is 2.55 bits per heavy atom. The number of nitrogens with one attached hydrogen (secondary N) is 2. The monoisotopic (exact) mass is 459 g/mol. The smallest absolute Gasteiger partial charge is 0.274 e. The van der Waals surface area contributed by atoms with Gasteiger partial charge in [0.05, 0.1) is 12.2 Å². The number of benzene rings is 2. The van der Waals surface area contributed by atoms with Gasteiger partial charge in [-0.1, -0.05) is 11.3 Å². The molecule has 0 aliphatic heterocycles. The van der Waals surface area contributed by atoms with Gasteiger partial charge in [-0.25, -0.2) is 17.9 Å². The van der Waals surface area contributed by atoms with E-state index in [-0.39, 0.29) is 29.7 Å². The van der Waals surface area contributed by atoms with Gasteiger partial charge in [0.25, 0.3) is 18.2 Å². The zero-order valence-corrected chi connectivity index (χ0v) is 17.3. The van der Waals surface area contributed by atoms with Crippen LogP contribution < -0.4 is 15.4 Å². The molecule has 3 aromatic rings. The largest absolute Gasteiger partial charge is 0.487 e. The number of aromatic nitrogens is 3. The average molecular weight is 459 g/mol. The molecule has 0 atom stereocenters. The average Bonchev–Trinajstić information content (AvgIpc) is 3.51. The van der Waals surface area contributed by atoms with E-state index in [9.17, 15) is 22.8 Å². The molecule has 0 radical (unpaired) electrons. The Morgan fingerprint density at radius 2 is 1.88 bits per heavy atom. The number of nitrogens with zero attached hydrogens (tertiary/aromatic N) is 3. The van der Waals surface area contributed by atoms with Crippen molar-refractivity contribution in [3.63, 3.8) is 0 Å². The van der Waals surface area contributed by atoms with Crippen LogP contribution in [-0.4, -0.2) is 45.8 Å². The number of carbonyl (C=O) groups is 2. The third-order valence-corrected chi connectivity index (χ3v) is 4.85. The first-order chi connectivity index (χ1) is 15.9. The predicted octanol–water partition coefficient (Wildman–Crippen LogP) is 2.87. The van der Waals surface area contributed by atoms with Gasteiger partial charge in [-0.3, -0.25) is 9.59 Å².